The summed E-state index contributed by atoms with van der Waals surface area (Å²) < 4.78 is 0. The van der Waals surface area contributed by atoms with Gasteiger partial charge in [0, 0.05) is 30.9 Å². The summed E-state index contributed by atoms with van der Waals surface area (Å²) in [6, 6.07) is 9.22. The van der Waals surface area contributed by atoms with E-state index in [1.165, 1.54) is 0 Å². The SMILES string of the molecule is CCCN(/C=C(/C#N)C(=O)NCc1ccc(Cl)cc1)CCC. The maximum absolute atomic E-state index is 12.1. The highest BCUT2D eigenvalue weighted by atomic mass is 35.5. The topological polar surface area (TPSA) is 56.1 Å². The first-order chi connectivity index (χ1) is 10.6. The Hall–Kier alpha value is -1.99. The average Bonchev–Trinajstić information content (AvgIpc) is 2.52. The number of halogens is 1. The molecule has 0 aliphatic rings. The third kappa shape index (κ3) is 6.19. The number of nitrogens with zero attached hydrogens (tertiary/aromatic N) is 2. The van der Waals surface area contributed by atoms with E-state index in [1.54, 1.807) is 18.3 Å². The highest BCUT2D eigenvalue weighted by molar-refractivity contribution is 6.30. The summed E-state index contributed by atoms with van der Waals surface area (Å²) in [6.07, 6.45) is 3.60. The molecule has 0 spiro atoms. The van der Waals surface area contributed by atoms with Crippen LogP contribution in [0.1, 0.15) is 32.3 Å². The summed E-state index contributed by atoms with van der Waals surface area (Å²) in [6.45, 7) is 6.19. The monoisotopic (exact) mass is 319 g/mol. The van der Waals surface area contributed by atoms with Crippen molar-refractivity contribution in [1.82, 2.24) is 10.2 Å². The molecule has 5 heteroatoms. The van der Waals surface area contributed by atoms with Crippen molar-refractivity contribution >= 4 is 17.5 Å². The standard InChI is InChI=1S/C17H22ClN3O/c1-3-9-21(10-4-2)13-15(11-19)17(22)20-12-14-5-7-16(18)8-6-14/h5-8,13H,3-4,9-10,12H2,1-2H3,(H,20,22)/b15-13-. The van der Waals surface area contributed by atoms with Gasteiger partial charge in [-0.1, -0.05) is 37.6 Å². The molecule has 1 amide bonds. The van der Waals surface area contributed by atoms with Gasteiger partial charge in [0.2, 0.25) is 0 Å². The smallest absolute Gasteiger partial charge is 0.263 e. The summed E-state index contributed by atoms with van der Waals surface area (Å²) in [5.74, 6) is -0.352. The first-order valence-corrected chi connectivity index (χ1v) is 7.87. The zero-order chi connectivity index (χ0) is 16.4. The molecule has 4 nitrogen and oxygen atoms in total. The fourth-order valence-corrected chi connectivity index (χ4v) is 2.14. The lowest BCUT2D eigenvalue weighted by molar-refractivity contribution is -0.117. The molecular formula is C17H22ClN3O. The lowest BCUT2D eigenvalue weighted by atomic mass is 10.2. The molecule has 1 N–H and O–H groups in total. The summed E-state index contributed by atoms with van der Waals surface area (Å²) in [5.41, 5.74) is 1.07. The molecule has 0 heterocycles. The average molecular weight is 320 g/mol. The molecule has 0 fully saturated rings. The van der Waals surface area contributed by atoms with Gasteiger partial charge in [-0.3, -0.25) is 4.79 Å². The quantitative estimate of drug-likeness (QED) is 0.589. The van der Waals surface area contributed by atoms with E-state index < -0.39 is 0 Å². The van der Waals surface area contributed by atoms with Gasteiger partial charge in [-0.25, -0.2) is 0 Å². The van der Waals surface area contributed by atoms with E-state index in [9.17, 15) is 10.1 Å². The van der Waals surface area contributed by atoms with Gasteiger partial charge in [0.25, 0.3) is 5.91 Å². The van der Waals surface area contributed by atoms with Crippen LogP contribution in [0.25, 0.3) is 0 Å². The molecule has 22 heavy (non-hydrogen) atoms. The minimum Gasteiger partial charge on any atom is -0.376 e. The van der Waals surface area contributed by atoms with Crippen molar-refractivity contribution in [2.75, 3.05) is 13.1 Å². The van der Waals surface area contributed by atoms with Gasteiger partial charge in [0.1, 0.15) is 11.6 Å². The number of carbonyl (C=O) groups is 1. The summed E-state index contributed by atoms with van der Waals surface area (Å²) >= 11 is 5.82. The molecule has 0 aliphatic carbocycles. The Morgan fingerprint density at radius 1 is 1.27 bits per heavy atom. The number of benzene rings is 1. The largest absolute Gasteiger partial charge is 0.376 e. The molecule has 1 aromatic rings. The number of carbonyl (C=O) groups excluding carboxylic acids is 1. The third-order valence-corrected chi connectivity index (χ3v) is 3.32. The van der Waals surface area contributed by atoms with Crippen LogP contribution in [0.2, 0.25) is 5.02 Å². The predicted octanol–water partition coefficient (Wildman–Crippen LogP) is 3.49. The Balaban J connectivity index is 2.67. The van der Waals surface area contributed by atoms with Crippen molar-refractivity contribution < 1.29 is 4.79 Å². The molecular weight excluding hydrogens is 298 g/mol. The molecule has 118 valence electrons. The molecule has 0 aliphatic heterocycles. The van der Waals surface area contributed by atoms with Crippen molar-refractivity contribution in [2.45, 2.75) is 33.2 Å². The molecule has 0 saturated carbocycles. The van der Waals surface area contributed by atoms with E-state index >= 15 is 0 Å². The van der Waals surface area contributed by atoms with Crippen LogP contribution in [0, 0.1) is 11.3 Å². The molecule has 0 bridgehead atoms. The van der Waals surface area contributed by atoms with Crippen LogP contribution >= 0.6 is 11.6 Å². The fraction of sp³-hybridized carbons (Fsp3) is 0.412. The van der Waals surface area contributed by atoms with Gasteiger partial charge in [-0.05, 0) is 30.5 Å². The number of nitriles is 1. The molecule has 0 radical (unpaired) electrons. The highest BCUT2D eigenvalue weighted by Crippen LogP contribution is 2.09. The van der Waals surface area contributed by atoms with Crippen LogP contribution in [0.15, 0.2) is 36.0 Å². The van der Waals surface area contributed by atoms with Crippen molar-refractivity contribution in [2.24, 2.45) is 0 Å². The van der Waals surface area contributed by atoms with Crippen molar-refractivity contribution in [3.63, 3.8) is 0 Å². The third-order valence-electron chi connectivity index (χ3n) is 3.06. The Labute approximate surface area is 137 Å². The maximum atomic E-state index is 12.1. The van der Waals surface area contributed by atoms with E-state index in [0.29, 0.717) is 11.6 Å². The van der Waals surface area contributed by atoms with Crippen LogP contribution in [-0.4, -0.2) is 23.9 Å². The second-order valence-corrected chi connectivity index (χ2v) is 5.44. The Morgan fingerprint density at radius 3 is 2.36 bits per heavy atom. The number of hydrogen-bond donors (Lipinski definition) is 1. The summed E-state index contributed by atoms with van der Waals surface area (Å²) in [4.78, 5) is 14.1. The van der Waals surface area contributed by atoms with Gasteiger partial charge in [-0.2, -0.15) is 5.26 Å². The van der Waals surface area contributed by atoms with E-state index in [1.807, 2.05) is 23.1 Å². The van der Waals surface area contributed by atoms with Crippen LogP contribution < -0.4 is 5.32 Å². The lowest BCUT2D eigenvalue weighted by Gasteiger charge is -2.19. The second-order valence-electron chi connectivity index (χ2n) is 5.00. The van der Waals surface area contributed by atoms with Crippen LogP contribution in [0.4, 0.5) is 0 Å². The molecule has 1 aromatic carbocycles. The van der Waals surface area contributed by atoms with E-state index in [4.69, 9.17) is 11.6 Å². The lowest BCUT2D eigenvalue weighted by Crippen LogP contribution is -2.27. The first-order valence-electron chi connectivity index (χ1n) is 7.49. The molecule has 0 aromatic heterocycles. The highest BCUT2D eigenvalue weighted by Gasteiger charge is 2.10. The van der Waals surface area contributed by atoms with Crippen LogP contribution in [0.3, 0.4) is 0 Å². The number of nitrogens with one attached hydrogen (secondary N) is 1. The van der Waals surface area contributed by atoms with Crippen molar-refractivity contribution in [1.29, 1.82) is 5.26 Å². The molecule has 0 unspecified atom stereocenters. The first kappa shape index (κ1) is 18.1. The van der Waals surface area contributed by atoms with Gasteiger partial charge < -0.3 is 10.2 Å². The fourth-order valence-electron chi connectivity index (χ4n) is 2.02. The van der Waals surface area contributed by atoms with Crippen LogP contribution in [0.5, 0.6) is 0 Å². The summed E-state index contributed by atoms with van der Waals surface area (Å²) in [7, 11) is 0. The minimum absolute atomic E-state index is 0.135. The van der Waals surface area contributed by atoms with Gasteiger partial charge >= 0.3 is 0 Å². The van der Waals surface area contributed by atoms with Gasteiger partial charge in [-0.15, -0.1) is 0 Å². The van der Waals surface area contributed by atoms with Gasteiger partial charge in [0.15, 0.2) is 0 Å². The zero-order valence-electron chi connectivity index (χ0n) is 13.1. The van der Waals surface area contributed by atoms with Crippen LogP contribution in [-0.2, 0) is 11.3 Å². The Kier molecular flexibility index (Phi) is 8.09. The second kappa shape index (κ2) is 9.86. The molecule has 0 saturated heterocycles. The Morgan fingerprint density at radius 2 is 1.86 bits per heavy atom. The Bertz CT molecular complexity index is 540. The number of amides is 1. The molecule has 1 rings (SSSR count). The minimum atomic E-state index is -0.352. The molecule has 0 atom stereocenters. The summed E-state index contributed by atoms with van der Waals surface area (Å²) in [5, 5.41) is 12.6. The van der Waals surface area contributed by atoms with E-state index in [-0.39, 0.29) is 11.5 Å². The normalized spacial score (nSPS) is 10.9. The van der Waals surface area contributed by atoms with E-state index in [0.717, 1.165) is 31.5 Å². The number of rotatable bonds is 8. The zero-order valence-corrected chi connectivity index (χ0v) is 13.9. The maximum Gasteiger partial charge on any atom is 0.263 e. The van der Waals surface area contributed by atoms with Crippen molar-refractivity contribution in [3.8, 4) is 6.07 Å². The van der Waals surface area contributed by atoms with E-state index in [2.05, 4.69) is 19.2 Å². The predicted molar refractivity (Wildman–Crippen MR) is 89.1 cm³/mol. The van der Waals surface area contributed by atoms with Crippen molar-refractivity contribution in [3.05, 3.63) is 46.6 Å². The van der Waals surface area contributed by atoms with Gasteiger partial charge in [0.05, 0.1) is 0 Å². The number of hydrogen-bond acceptors (Lipinski definition) is 3.